The van der Waals surface area contributed by atoms with Crippen molar-refractivity contribution >= 4 is 5.91 Å². The minimum absolute atomic E-state index is 0.0345. The zero-order valence-electron chi connectivity index (χ0n) is 10.1. The second-order valence-corrected chi connectivity index (χ2v) is 4.72. The van der Waals surface area contributed by atoms with Crippen molar-refractivity contribution in [3.05, 3.63) is 29.6 Å². The van der Waals surface area contributed by atoms with E-state index in [0.29, 0.717) is 12.7 Å². The van der Waals surface area contributed by atoms with Gasteiger partial charge in [0.25, 0.3) is 5.91 Å². The Labute approximate surface area is 108 Å². The molecule has 0 aliphatic heterocycles. The molecule has 1 aromatic rings. The fraction of sp³-hybridized carbons (Fsp3) is 0.500. The minimum atomic E-state index is -4.45. The van der Waals surface area contributed by atoms with Gasteiger partial charge in [0.05, 0.1) is 11.1 Å². The maximum absolute atomic E-state index is 12.4. The van der Waals surface area contributed by atoms with Gasteiger partial charge in [-0.3, -0.25) is 9.78 Å². The Morgan fingerprint density at radius 1 is 1.42 bits per heavy atom. The number of nitrogens with one attached hydrogen (secondary N) is 1. The summed E-state index contributed by atoms with van der Waals surface area (Å²) in [4.78, 5) is 15.4. The number of carbonyl (C=O) groups excluding carboxylic acids is 1. The zero-order chi connectivity index (χ0) is 14.1. The molecular weight excluding hydrogens is 259 g/mol. The van der Waals surface area contributed by atoms with Crippen LogP contribution in [0.4, 0.5) is 13.2 Å². The second kappa shape index (κ2) is 4.80. The number of aromatic nitrogens is 1. The van der Waals surface area contributed by atoms with Crippen molar-refractivity contribution in [1.82, 2.24) is 10.3 Å². The molecule has 4 nitrogen and oxygen atoms in total. The van der Waals surface area contributed by atoms with Crippen molar-refractivity contribution in [2.75, 3.05) is 6.54 Å². The molecule has 1 aromatic heterocycles. The fourth-order valence-corrected chi connectivity index (χ4v) is 1.98. The van der Waals surface area contributed by atoms with E-state index in [1.165, 1.54) is 0 Å². The Balaban J connectivity index is 2.08. The van der Waals surface area contributed by atoms with E-state index >= 15 is 0 Å². The van der Waals surface area contributed by atoms with E-state index in [1.807, 2.05) is 0 Å². The third-order valence-electron chi connectivity index (χ3n) is 3.40. The van der Waals surface area contributed by atoms with Gasteiger partial charge in [-0.2, -0.15) is 13.2 Å². The predicted molar refractivity (Wildman–Crippen MR) is 62.3 cm³/mol. The predicted octanol–water partition coefficient (Wildman–Crippen LogP) is 1.71. The average molecular weight is 273 g/mol. The van der Waals surface area contributed by atoms with Crippen LogP contribution in [0, 0.1) is 0 Å². The summed E-state index contributed by atoms with van der Waals surface area (Å²) in [5.74, 6) is -0.487. The first-order chi connectivity index (χ1) is 8.86. The van der Waals surface area contributed by atoms with E-state index in [2.05, 4.69) is 10.3 Å². The van der Waals surface area contributed by atoms with Gasteiger partial charge in [-0.05, 0) is 31.4 Å². The smallest absolute Gasteiger partial charge is 0.344 e. The summed E-state index contributed by atoms with van der Waals surface area (Å²) in [6, 6.07) is 1.92. The molecule has 1 fully saturated rings. The standard InChI is InChI=1S/C12H14F3N3O/c13-12(14,15)8-2-3-9(17-6-8)10(19)18-11(7-16)4-1-5-11/h2-3,6H,1,4-5,7,16H2,(H,18,19). The van der Waals surface area contributed by atoms with Crippen LogP contribution in [0.3, 0.4) is 0 Å². The fourth-order valence-electron chi connectivity index (χ4n) is 1.98. The molecule has 104 valence electrons. The van der Waals surface area contributed by atoms with E-state index < -0.39 is 23.2 Å². The lowest BCUT2D eigenvalue weighted by atomic mass is 9.76. The number of carbonyl (C=O) groups is 1. The molecule has 2 rings (SSSR count). The first-order valence-corrected chi connectivity index (χ1v) is 5.92. The van der Waals surface area contributed by atoms with Gasteiger partial charge in [-0.15, -0.1) is 0 Å². The van der Waals surface area contributed by atoms with Gasteiger partial charge in [-0.1, -0.05) is 0 Å². The van der Waals surface area contributed by atoms with Gasteiger partial charge in [0.2, 0.25) is 0 Å². The molecule has 19 heavy (non-hydrogen) atoms. The van der Waals surface area contributed by atoms with Crippen LogP contribution in [-0.2, 0) is 6.18 Å². The molecule has 1 aliphatic rings. The van der Waals surface area contributed by atoms with Crippen molar-refractivity contribution < 1.29 is 18.0 Å². The van der Waals surface area contributed by atoms with Gasteiger partial charge in [0, 0.05) is 12.7 Å². The lowest BCUT2D eigenvalue weighted by Crippen LogP contribution is -2.58. The molecule has 1 saturated carbocycles. The van der Waals surface area contributed by atoms with Crippen LogP contribution in [0.1, 0.15) is 35.3 Å². The van der Waals surface area contributed by atoms with Gasteiger partial charge in [0.15, 0.2) is 0 Å². The number of nitrogens with two attached hydrogens (primary N) is 1. The molecule has 0 bridgehead atoms. The van der Waals surface area contributed by atoms with E-state index in [1.54, 1.807) is 0 Å². The Bertz CT molecular complexity index is 461. The maximum atomic E-state index is 12.4. The monoisotopic (exact) mass is 273 g/mol. The Morgan fingerprint density at radius 3 is 2.47 bits per heavy atom. The van der Waals surface area contributed by atoms with Crippen molar-refractivity contribution in [3.8, 4) is 0 Å². The third kappa shape index (κ3) is 2.86. The topological polar surface area (TPSA) is 68.0 Å². The Kier molecular flexibility index (Phi) is 3.49. The van der Waals surface area contributed by atoms with Gasteiger partial charge < -0.3 is 11.1 Å². The number of amides is 1. The molecule has 0 aromatic carbocycles. The Morgan fingerprint density at radius 2 is 2.11 bits per heavy atom. The normalized spacial score (nSPS) is 17.7. The minimum Gasteiger partial charge on any atom is -0.344 e. The summed E-state index contributed by atoms with van der Waals surface area (Å²) in [5, 5.41) is 2.75. The summed E-state index contributed by atoms with van der Waals surface area (Å²) in [5.41, 5.74) is 4.27. The van der Waals surface area contributed by atoms with Gasteiger partial charge >= 0.3 is 6.18 Å². The molecule has 7 heteroatoms. The molecule has 0 saturated heterocycles. The first kappa shape index (κ1) is 13.8. The van der Waals surface area contributed by atoms with E-state index in [4.69, 9.17) is 5.73 Å². The summed E-state index contributed by atoms with van der Waals surface area (Å²) in [6.07, 6.45) is -1.23. The second-order valence-electron chi connectivity index (χ2n) is 4.72. The quantitative estimate of drug-likeness (QED) is 0.881. The molecule has 0 spiro atoms. The highest BCUT2D eigenvalue weighted by atomic mass is 19.4. The molecule has 0 atom stereocenters. The molecule has 0 unspecified atom stereocenters. The number of halogens is 3. The highest BCUT2D eigenvalue weighted by Crippen LogP contribution is 2.31. The van der Waals surface area contributed by atoms with Crippen LogP contribution >= 0.6 is 0 Å². The third-order valence-corrected chi connectivity index (χ3v) is 3.40. The summed E-state index contributed by atoms with van der Waals surface area (Å²) < 4.78 is 37.1. The summed E-state index contributed by atoms with van der Waals surface area (Å²) in [7, 11) is 0. The first-order valence-electron chi connectivity index (χ1n) is 5.92. The summed E-state index contributed by atoms with van der Waals surface area (Å²) >= 11 is 0. The molecular formula is C12H14F3N3O. The Hall–Kier alpha value is -1.63. The number of pyridine rings is 1. The van der Waals surface area contributed by atoms with E-state index in [-0.39, 0.29) is 5.69 Å². The number of hydrogen-bond acceptors (Lipinski definition) is 3. The number of alkyl halides is 3. The largest absolute Gasteiger partial charge is 0.417 e. The van der Waals surface area contributed by atoms with E-state index in [0.717, 1.165) is 31.4 Å². The lowest BCUT2D eigenvalue weighted by molar-refractivity contribution is -0.137. The lowest BCUT2D eigenvalue weighted by Gasteiger charge is -2.41. The highest BCUT2D eigenvalue weighted by Gasteiger charge is 2.37. The van der Waals surface area contributed by atoms with E-state index in [9.17, 15) is 18.0 Å². The molecule has 1 aliphatic carbocycles. The van der Waals surface area contributed by atoms with Crippen LogP contribution in [0.15, 0.2) is 18.3 Å². The molecule has 1 heterocycles. The van der Waals surface area contributed by atoms with Crippen molar-refractivity contribution in [2.24, 2.45) is 5.73 Å². The van der Waals surface area contributed by atoms with Gasteiger partial charge in [-0.25, -0.2) is 0 Å². The van der Waals surface area contributed by atoms with Crippen LogP contribution < -0.4 is 11.1 Å². The van der Waals surface area contributed by atoms with Crippen LogP contribution in [-0.4, -0.2) is 23.0 Å². The van der Waals surface area contributed by atoms with Crippen molar-refractivity contribution in [2.45, 2.75) is 31.0 Å². The van der Waals surface area contributed by atoms with Gasteiger partial charge in [0.1, 0.15) is 5.69 Å². The highest BCUT2D eigenvalue weighted by molar-refractivity contribution is 5.92. The zero-order valence-corrected chi connectivity index (χ0v) is 10.1. The average Bonchev–Trinajstić information content (AvgIpc) is 2.32. The van der Waals surface area contributed by atoms with Crippen molar-refractivity contribution in [3.63, 3.8) is 0 Å². The molecule has 3 N–H and O–H groups in total. The number of nitrogens with zero attached hydrogens (tertiary/aromatic N) is 1. The number of rotatable bonds is 3. The maximum Gasteiger partial charge on any atom is 0.417 e. The SMILES string of the molecule is NCC1(NC(=O)c2ccc(C(F)(F)F)cn2)CCC1. The van der Waals surface area contributed by atoms with Crippen LogP contribution in [0.5, 0.6) is 0 Å². The van der Waals surface area contributed by atoms with Crippen molar-refractivity contribution in [1.29, 1.82) is 0 Å². The molecule has 1 amide bonds. The molecule has 0 radical (unpaired) electrons. The summed E-state index contributed by atoms with van der Waals surface area (Å²) in [6.45, 7) is 0.319. The van der Waals surface area contributed by atoms with Crippen LogP contribution in [0.25, 0.3) is 0 Å². The number of hydrogen-bond donors (Lipinski definition) is 2. The van der Waals surface area contributed by atoms with Crippen LogP contribution in [0.2, 0.25) is 0 Å².